The second-order valence-electron chi connectivity index (χ2n) is 20.1. The molecule has 2 atom stereocenters. The van der Waals surface area contributed by atoms with Gasteiger partial charge in [-0.1, -0.05) is 300 Å². The SMILES string of the molecule is CCCCCCC/C=C\C/C=C\C/C=C\CCCCCCCCCCCCCCCCCCCCC(=O)NC(CO)C(O)/C=C/CCCCCCCCCCCCCCCCCCCC. The lowest BCUT2D eigenvalue weighted by molar-refractivity contribution is -0.123. The number of nitrogens with one attached hydrogen (secondary N) is 1. The molecule has 0 aromatic heterocycles. The molecule has 0 saturated carbocycles. The zero-order valence-corrected chi connectivity index (χ0v) is 44.0. The number of carbonyl (C=O) groups excluding carboxylic acids is 1. The van der Waals surface area contributed by atoms with Gasteiger partial charge in [-0.3, -0.25) is 4.79 Å². The summed E-state index contributed by atoms with van der Waals surface area (Å²) >= 11 is 0. The minimum absolute atomic E-state index is 0.0596. The number of rotatable bonds is 54. The zero-order chi connectivity index (χ0) is 47.0. The summed E-state index contributed by atoms with van der Waals surface area (Å²) in [5, 5.41) is 23.2. The van der Waals surface area contributed by atoms with Crippen molar-refractivity contribution in [2.45, 2.75) is 328 Å². The van der Waals surface area contributed by atoms with Gasteiger partial charge in [-0.15, -0.1) is 0 Å². The molecular formula is C61H115NO3. The summed E-state index contributed by atoms with van der Waals surface area (Å²) in [4.78, 5) is 12.5. The van der Waals surface area contributed by atoms with Gasteiger partial charge in [-0.2, -0.15) is 0 Å². The van der Waals surface area contributed by atoms with Crippen molar-refractivity contribution in [3.63, 3.8) is 0 Å². The van der Waals surface area contributed by atoms with E-state index in [0.29, 0.717) is 6.42 Å². The molecule has 0 aromatic rings. The van der Waals surface area contributed by atoms with Crippen molar-refractivity contribution in [3.05, 3.63) is 48.6 Å². The number of carbonyl (C=O) groups is 1. The third kappa shape index (κ3) is 53.2. The predicted octanol–water partition coefficient (Wildman–Crippen LogP) is 19.4. The maximum absolute atomic E-state index is 12.5. The molecule has 0 aliphatic rings. The van der Waals surface area contributed by atoms with Crippen LogP contribution in [0.5, 0.6) is 0 Å². The van der Waals surface area contributed by atoms with Gasteiger partial charge in [0.15, 0.2) is 0 Å². The van der Waals surface area contributed by atoms with Gasteiger partial charge in [0.1, 0.15) is 0 Å². The van der Waals surface area contributed by atoms with Gasteiger partial charge in [0, 0.05) is 6.42 Å². The van der Waals surface area contributed by atoms with Crippen LogP contribution in [0.4, 0.5) is 0 Å². The van der Waals surface area contributed by atoms with Gasteiger partial charge in [0.2, 0.25) is 5.91 Å². The minimum atomic E-state index is -0.839. The molecule has 0 aromatic carbocycles. The Hall–Kier alpha value is -1.65. The molecule has 0 saturated heterocycles. The molecule has 3 N–H and O–H groups in total. The molecule has 0 bridgehead atoms. The Morgan fingerprint density at radius 2 is 0.631 bits per heavy atom. The van der Waals surface area contributed by atoms with Crippen LogP contribution >= 0.6 is 0 Å². The molecular weight excluding hydrogens is 795 g/mol. The Morgan fingerprint density at radius 3 is 0.938 bits per heavy atom. The molecule has 2 unspecified atom stereocenters. The summed E-state index contributed by atoms with van der Waals surface area (Å²) in [5.74, 6) is -0.0596. The molecule has 0 spiro atoms. The van der Waals surface area contributed by atoms with Crippen molar-refractivity contribution >= 4 is 5.91 Å². The van der Waals surface area contributed by atoms with E-state index in [2.05, 4.69) is 55.6 Å². The molecule has 1 amide bonds. The summed E-state index contributed by atoms with van der Waals surface area (Å²) < 4.78 is 0. The fourth-order valence-electron chi connectivity index (χ4n) is 9.07. The van der Waals surface area contributed by atoms with Crippen molar-refractivity contribution in [2.75, 3.05) is 6.61 Å². The lowest BCUT2D eigenvalue weighted by Gasteiger charge is -2.20. The van der Waals surface area contributed by atoms with Gasteiger partial charge in [0.25, 0.3) is 0 Å². The average molecular weight is 911 g/mol. The first-order valence-corrected chi connectivity index (χ1v) is 29.4. The van der Waals surface area contributed by atoms with Crippen molar-refractivity contribution in [1.82, 2.24) is 5.32 Å². The number of amides is 1. The lowest BCUT2D eigenvalue weighted by atomic mass is 10.0. The van der Waals surface area contributed by atoms with E-state index in [1.54, 1.807) is 6.08 Å². The van der Waals surface area contributed by atoms with E-state index < -0.39 is 12.1 Å². The number of aliphatic hydroxyl groups is 2. The van der Waals surface area contributed by atoms with E-state index in [1.165, 1.54) is 257 Å². The van der Waals surface area contributed by atoms with Crippen LogP contribution < -0.4 is 5.32 Å². The summed E-state index contributed by atoms with van der Waals surface area (Å²) in [6, 6.07) is -0.622. The fourth-order valence-corrected chi connectivity index (χ4v) is 9.07. The monoisotopic (exact) mass is 910 g/mol. The van der Waals surface area contributed by atoms with E-state index in [1.807, 2.05) is 6.08 Å². The van der Waals surface area contributed by atoms with Gasteiger partial charge < -0.3 is 15.5 Å². The van der Waals surface area contributed by atoms with Crippen LogP contribution in [0, 0.1) is 0 Å². The average Bonchev–Trinajstić information content (AvgIpc) is 3.31. The zero-order valence-electron chi connectivity index (χ0n) is 44.0. The smallest absolute Gasteiger partial charge is 0.220 e. The van der Waals surface area contributed by atoms with E-state index in [9.17, 15) is 15.0 Å². The van der Waals surface area contributed by atoms with Gasteiger partial charge in [-0.05, 0) is 57.8 Å². The first kappa shape index (κ1) is 63.4. The van der Waals surface area contributed by atoms with Crippen molar-refractivity contribution in [3.8, 4) is 0 Å². The second-order valence-corrected chi connectivity index (χ2v) is 20.1. The molecule has 65 heavy (non-hydrogen) atoms. The van der Waals surface area contributed by atoms with Crippen LogP contribution in [0.15, 0.2) is 48.6 Å². The fraction of sp³-hybridized carbons (Fsp3) is 0.852. The Labute approximate surface area is 407 Å². The number of hydrogen-bond donors (Lipinski definition) is 3. The van der Waals surface area contributed by atoms with Crippen molar-refractivity contribution in [1.29, 1.82) is 0 Å². The Kier molecular flexibility index (Phi) is 55.2. The largest absolute Gasteiger partial charge is 0.394 e. The molecule has 382 valence electrons. The highest BCUT2D eigenvalue weighted by Gasteiger charge is 2.18. The van der Waals surface area contributed by atoms with Crippen molar-refractivity contribution < 1.29 is 15.0 Å². The standard InChI is InChI=1S/C61H115NO3/c1-3-5-7-9-11-13-15-17-19-21-23-25-26-27-28-29-30-31-32-33-34-35-36-37-39-41-43-45-47-49-51-53-55-57-61(65)62-59(58-63)60(64)56-54-52-50-48-46-44-42-40-38-24-22-20-18-16-14-12-10-8-6-4-2/h15,17,21,23,26-27,54,56,59-60,63-64H,3-14,16,18-20,22,24-25,28-53,55,57-58H2,1-2H3,(H,62,65)/b17-15-,23-21-,27-26-,56-54+. The molecule has 0 radical (unpaired) electrons. The number of unbranched alkanes of at least 4 members (excludes halogenated alkanes) is 41. The van der Waals surface area contributed by atoms with Crippen molar-refractivity contribution in [2.24, 2.45) is 0 Å². The molecule has 4 heteroatoms. The highest BCUT2D eigenvalue weighted by atomic mass is 16.3. The van der Waals surface area contributed by atoms with Crippen LogP contribution in [0.25, 0.3) is 0 Å². The van der Waals surface area contributed by atoms with Crippen LogP contribution in [-0.2, 0) is 4.79 Å². The van der Waals surface area contributed by atoms with E-state index in [-0.39, 0.29) is 12.5 Å². The third-order valence-electron chi connectivity index (χ3n) is 13.6. The van der Waals surface area contributed by atoms with E-state index >= 15 is 0 Å². The molecule has 0 aliphatic heterocycles. The Bertz CT molecular complexity index is 1030. The van der Waals surface area contributed by atoms with Crippen LogP contribution in [0.2, 0.25) is 0 Å². The lowest BCUT2D eigenvalue weighted by Crippen LogP contribution is -2.45. The normalized spacial score (nSPS) is 13.1. The first-order valence-electron chi connectivity index (χ1n) is 29.4. The highest BCUT2D eigenvalue weighted by Crippen LogP contribution is 2.17. The van der Waals surface area contributed by atoms with Crippen LogP contribution in [-0.4, -0.2) is 34.9 Å². The summed E-state index contributed by atoms with van der Waals surface area (Å²) in [6.07, 6.45) is 78.5. The van der Waals surface area contributed by atoms with E-state index in [4.69, 9.17) is 0 Å². The molecule has 0 aliphatic carbocycles. The third-order valence-corrected chi connectivity index (χ3v) is 13.6. The van der Waals surface area contributed by atoms with Gasteiger partial charge >= 0.3 is 0 Å². The first-order chi connectivity index (χ1) is 32.2. The molecule has 0 fully saturated rings. The molecule has 0 rings (SSSR count). The highest BCUT2D eigenvalue weighted by molar-refractivity contribution is 5.76. The quantitative estimate of drug-likeness (QED) is 0.0421. The maximum Gasteiger partial charge on any atom is 0.220 e. The summed E-state index contributed by atoms with van der Waals surface area (Å²) in [5.41, 5.74) is 0. The maximum atomic E-state index is 12.5. The Balaban J connectivity index is 3.46. The molecule has 0 heterocycles. The second kappa shape index (κ2) is 56.7. The van der Waals surface area contributed by atoms with Gasteiger partial charge in [-0.25, -0.2) is 0 Å². The topological polar surface area (TPSA) is 69.6 Å². The van der Waals surface area contributed by atoms with E-state index in [0.717, 1.165) is 38.5 Å². The predicted molar refractivity (Wildman–Crippen MR) is 290 cm³/mol. The minimum Gasteiger partial charge on any atom is -0.394 e. The summed E-state index contributed by atoms with van der Waals surface area (Å²) in [6.45, 7) is 4.33. The molecule has 4 nitrogen and oxygen atoms in total. The van der Waals surface area contributed by atoms with Gasteiger partial charge in [0.05, 0.1) is 18.8 Å². The van der Waals surface area contributed by atoms with Crippen LogP contribution in [0.3, 0.4) is 0 Å². The van der Waals surface area contributed by atoms with Crippen LogP contribution in [0.1, 0.15) is 316 Å². The summed E-state index contributed by atoms with van der Waals surface area (Å²) in [7, 11) is 0. The number of allylic oxidation sites excluding steroid dienone is 7. The Morgan fingerprint density at radius 1 is 0.369 bits per heavy atom. The number of hydrogen-bond acceptors (Lipinski definition) is 3. The number of aliphatic hydroxyl groups excluding tert-OH is 2.